The first-order valence-electron chi connectivity index (χ1n) is 9.50. The predicted octanol–water partition coefficient (Wildman–Crippen LogP) is 4.05. The number of hydrogen-bond acceptors (Lipinski definition) is 4. The zero-order chi connectivity index (χ0) is 18.2. The number of benzene rings is 1. The van der Waals surface area contributed by atoms with Crippen LogP contribution in [0.1, 0.15) is 11.1 Å². The van der Waals surface area contributed by atoms with Gasteiger partial charge in [0.25, 0.3) is 5.56 Å². The van der Waals surface area contributed by atoms with Crippen LogP contribution in [0.5, 0.6) is 0 Å². The molecule has 1 aromatic carbocycles. The van der Waals surface area contributed by atoms with Crippen molar-refractivity contribution < 1.29 is 4.74 Å². The Bertz CT molecular complexity index is 1020. The number of ether oxygens (including phenoxy) is 1. The van der Waals surface area contributed by atoms with Crippen molar-refractivity contribution in [2.24, 2.45) is 0 Å². The van der Waals surface area contributed by atoms with Crippen molar-refractivity contribution in [1.29, 1.82) is 0 Å². The van der Waals surface area contributed by atoms with Crippen LogP contribution in [0.3, 0.4) is 0 Å². The molecule has 4 nitrogen and oxygen atoms in total. The van der Waals surface area contributed by atoms with E-state index in [9.17, 15) is 4.79 Å². The lowest BCUT2D eigenvalue weighted by atomic mass is 9.98. The molecule has 0 saturated carbocycles. The third kappa shape index (κ3) is 3.44. The van der Waals surface area contributed by atoms with Gasteiger partial charge in [0.15, 0.2) is 0 Å². The lowest BCUT2D eigenvalue weighted by molar-refractivity contribution is 0.0342. The quantitative estimate of drug-likeness (QED) is 0.648. The lowest BCUT2D eigenvalue weighted by Crippen LogP contribution is -2.37. The molecule has 2 aliphatic heterocycles. The molecule has 0 unspecified atom stereocenters. The topological polar surface area (TPSA) is 34.5 Å². The second-order valence-corrected chi connectivity index (χ2v) is 8.08. The van der Waals surface area contributed by atoms with E-state index in [1.54, 1.807) is 11.3 Å². The normalized spacial score (nSPS) is 16.1. The third-order valence-corrected chi connectivity index (χ3v) is 6.48. The maximum Gasteiger partial charge on any atom is 0.258 e. The summed E-state index contributed by atoms with van der Waals surface area (Å²) in [6.45, 7) is 5.06. The van der Waals surface area contributed by atoms with Gasteiger partial charge in [-0.1, -0.05) is 30.3 Å². The van der Waals surface area contributed by atoms with Crippen molar-refractivity contribution in [2.75, 3.05) is 26.3 Å². The Morgan fingerprint density at radius 3 is 2.61 bits per heavy atom. The average molecular weight is 415 g/mol. The Kier molecular flexibility index (Phi) is 5.69. The SMILES string of the molecule is Cl.O=c1c(-c2ccccc2)cc(CN2CCOCC2)c2n1CCc1ccsc1-2. The summed E-state index contributed by atoms with van der Waals surface area (Å²) in [5, 5.41) is 2.15. The van der Waals surface area contributed by atoms with Gasteiger partial charge in [0, 0.05) is 31.7 Å². The van der Waals surface area contributed by atoms with Crippen LogP contribution in [0.25, 0.3) is 21.7 Å². The van der Waals surface area contributed by atoms with E-state index in [0.717, 1.165) is 62.6 Å². The van der Waals surface area contributed by atoms with E-state index in [2.05, 4.69) is 22.4 Å². The Labute approximate surface area is 174 Å². The summed E-state index contributed by atoms with van der Waals surface area (Å²) < 4.78 is 7.52. The van der Waals surface area contributed by atoms with Gasteiger partial charge < -0.3 is 9.30 Å². The number of nitrogens with zero attached hydrogens (tertiary/aromatic N) is 2. The zero-order valence-corrected chi connectivity index (χ0v) is 17.2. The lowest BCUT2D eigenvalue weighted by Gasteiger charge is -2.29. The molecule has 6 heteroatoms. The van der Waals surface area contributed by atoms with Crippen LogP contribution in [0, 0.1) is 0 Å². The summed E-state index contributed by atoms with van der Waals surface area (Å²) in [4.78, 5) is 17.0. The second-order valence-electron chi connectivity index (χ2n) is 7.17. The summed E-state index contributed by atoms with van der Waals surface area (Å²) in [7, 11) is 0. The summed E-state index contributed by atoms with van der Waals surface area (Å²) in [6, 6.07) is 14.4. The standard InChI is InChI=1S/C22H22N2O2S.ClH/c25-22-19(16-4-2-1-3-5-16)14-18(15-23-9-11-26-12-10-23)20-21-17(7-13-27-21)6-8-24(20)22;/h1-5,7,13-14H,6,8-12,15H2;1H. The molecule has 0 aliphatic carbocycles. The Morgan fingerprint density at radius 1 is 1.04 bits per heavy atom. The molecular formula is C22H23ClN2O2S. The molecule has 0 amide bonds. The molecule has 0 spiro atoms. The van der Waals surface area contributed by atoms with E-state index in [-0.39, 0.29) is 18.0 Å². The van der Waals surface area contributed by atoms with E-state index in [1.165, 1.54) is 16.0 Å². The van der Waals surface area contributed by atoms with Crippen LogP contribution < -0.4 is 5.56 Å². The highest BCUT2D eigenvalue weighted by atomic mass is 35.5. The Morgan fingerprint density at radius 2 is 1.82 bits per heavy atom. The maximum atomic E-state index is 13.3. The maximum absolute atomic E-state index is 13.3. The first kappa shape index (κ1) is 19.4. The summed E-state index contributed by atoms with van der Waals surface area (Å²) in [5.74, 6) is 0. The fraction of sp³-hybridized carbons (Fsp3) is 0.318. The number of fused-ring (bicyclic) bond motifs is 3. The minimum atomic E-state index is 0. The van der Waals surface area contributed by atoms with Crippen LogP contribution in [0.15, 0.2) is 52.6 Å². The molecule has 2 aliphatic rings. The Balaban J connectivity index is 0.00000192. The van der Waals surface area contributed by atoms with Gasteiger partial charge in [0.2, 0.25) is 0 Å². The molecule has 0 radical (unpaired) electrons. The molecule has 5 rings (SSSR count). The highest BCUT2D eigenvalue weighted by Gasteiger charge is 2.25. The van der Waals surface area contributed by atoms with Gasteiger partial charge in [0.05, 0.1) is 23.8 Å². The van der Waals surface area contributed by atoms with Crippen molar-refractivity contribution in [1.82, 2.24) is 9.47 Å². The van der Waals surface area contributed by atoms with Gasteiger partial charge in [-0.05, 0) is 40.6 Å². The molecule has 2 aromatic heterocycles. The van der Waals surface area contributed by atoms with E-state index in [0.29, 0.717) is 0 Å². The Hall–Kier alpha value is -1.92. The minimum absolute atomic E-state index is 0. The molecule has 0 bridgehead atoms. The van der Waals surface area contributed by atoms with Crippen LogP contribution in [0.2, 0.25) is 0 Å². The van der Waals surface area contributed by atoms with Crippen molar-refractivity contribution in [3.8, 4) is 21.7 Å². The number of rotatable bonds is 3. The molecule has 3 aromatic rings. The number of aromatic nitrogens is 1. The molecule has 0 N–H and O–H groups in total. The van der Waals surface area contributed by atoms with Crippen molar-refractivity contribution in [3.63, 3.8) is 0 Å². The summed E-state index contributed by atoms with van der Waals surface area (Å²) >= 11 is 1.75. The minimum Gasteiger partial charge on any atom is -0.379 e. The number of thiophene rings is 1. The third-order valence-electron chi connectivity index (χ3n) is 5.52. The molecule has 1 fully saturated rings. The molecular weight excluding hydrogens is 392 g/mol. The highest BCUT2D eigenvalue weighted by Crippen LogP contribution is 2.37. The van der Waals surface area contributed by atoms with E-state index >= 15 is 0 Å². The predicted molar refractivity (Wildman–Crippen MR) is 116 cm³/mol. The van der Waals surface area contributed by atoms with Crippen molar-refractivity contribution >= 4 is 23.7 Å². The number of hydrogen-bond donors (Lipinski definition) is 0. The van der Waals surface area contributed by atoms with Gasteiger partial charge in [0.1, 0.15) is 0 Å². The average Bonchev–Trinajstić information content (AvgIpc) is 3.20. The van der Waals surface area contributed by atoms with Gasteiger partial charge in [-0.3, -0.25) is 9.69 Å². The first-order valence-corrected chi connectivity index (χ1v) is 10.4. The van der Waals surface area contributed by atoms with Crippen LogP contribution in [-0.2, 0) is 24.2 Å². The summed E-state index contributed by atoms with van der Waals surface area (Å²) in [5.41, 5.74) is 5.68. The zero-order valence-electron chi connectivity index (χ0n) is 15.6. The summed E-state index contributed by atoms with van der Waals surface area (Å²) in [6.07, 6.45) is 0.932. The number of aryl methyl sites for hydroxylation is 1. The molecule has 1 saturated heterocycles. The van der Waals surface area contributed by atoms with Crippen LogP contribution in [0.4, 0.5) is 0 Å². The fourth-order valence-electron chi connectivity index (χ4n) is 4.12. The fourth-order valence-corrected chi connectivity index (χ4v) is 5.17. The smallest absolute Gasteiger partial charge is 0.258 e. The number of halogens is 1. The monoisotopic (exact) mass is 414 g/mol. The molecule has 0 atom stereocenters. The van der Waals surface area contributed by atoms with Crippen LogP contribution >= 0.6 is 23.7 Å². The largest absolute Gasteiger partial charge is 0.379 e. The number of pyridine rings is 1. The van der Waals surface area contributed by atoms with Gasteiger partial charge in [-0.2, -0.15) is 0 Å². The van der Waals surface area contributed by atoms with E-state index < -0.39 is 0 Å². The number of morpholine rings is 1. The highest BCUT2D eigenvalue weighted by molar-refractivity contribution is 7.13. The van der Waals surface area contributed by atoms with Gasteiger partial charge in [-0.25, -0.2) is 0 Å². The molecule has 146 valence electrons. The second kappa shape index (κ2) is 8.21. The molecule has 28 heavy (non-hydrogen) atoms. The van der Waals surface area contributed by atoms with Crippen molar-refractivity contribution in [3.05, 3.63) is 69.3 Å². The molecule has 4 heterocycles. The van der Waals surface area contributed by atoms with E-state index in [1.807, 2.05) is 34.9 Å². The van der Waals surface area contributed by atoms with Gasteiger partial charge >= 0.3 is 0 Å². The first-order chi connectivity index (χ1) is 13.3. The van der Waals surface area contributed by atoms with E-state index in [4.69, 9.17) is 4.74 Å². The van der Waals surface area contributed by atoms with Gasteiger partial charge in [-0.15, -0.1) is 23.7 Å². The van der Waals surface area contributed by atoms with Crippen molar-refractivity contribution in [2.45, 2.75) is 19.5 Å². The van der Waals surface area contributed by atoms with Crippen LogP contribution in [-0.4, -0.2) is 35.8 Å².